The van der Waals surface area contributed by atoms with Crippen LogP contribution in [-0.4, -0.2) is 53.3 Å². The number of unbranched alkanes of at least 4 members (excludes halogenated alkanes) is 10. The summed E-state index contributed by atoms with van der Waals surface area (Å²) < 4.78 is 28.1. The highest BCUT2D eigenvalue weighted by molar-refractivity contribution is 7.92. The molecule has 2 unspecified atom stereocenters. The van der Waals surface area contributed by atoms with Crippen LogP contribution in [0.1, 0.15) is 113 Å². The Morgan fingerprint density at radius 3 is 2.02 bits per heavy atom. The van der Waals surface area contributed by atoms with Gasteiger partial charge in [-0.2, -0.15) is 0 Å². The van der Waals surface area contributed by atoms with Gasteiger partial charge in [0.2, 0.25) is 0 Å². The second kappa shape index (κ2) is 20.1. The highest BCUT2D eigenvalue weighted by Crippen LogP contribution is 2.27. The second-order valence-corrected chi connectivity index (χ2v) is 12.9. The fourth-order valence-electron chi connectivity index (χ4n) is 4.99. The number of hydrogen-bond acceptors (Lipinski definition) is 8. The monoisotopic (exact) mass is 635 g/mol. The molecule has 0 spiro atoms. The number of carbonyl (C=O) groups excluding carboxylic acids is 1. The third-order valence-electron chi connectivity index (χ3n) is 7.65. The van der Waals surface area contributed by atoms with Crippen LogP contribution < -0.4 is 10.0 Å². The molecule has 0 radical (unpaired) electrons. The molecule has 0 aromatic heterocycles. The zero-order chi connectivity index (χ0) is 32.4. The van der Waals surface area contributed by atoms with Crippen LogP contribution in [0.2, 0.25) is 0 Å². The number of carbonyl (C=O) groups is 1. The first kappa shape index (κ1) is 37.1. The van der Waals surface area contributed by atoms with Crippen molar-refractivity contribution in [1.29, 1.82) is 0 Å². The van der Waals surface area contributed by atoms with E-state index in [9.17, 15) is 38.6 Å². The third kappa shape index (κ3) is 12.9. The Labute approximate surface area is 261 Å². The lowest BCUT2D eigenvalue weighted by Crippen LogP contribution is -2.25. The lowest BCUT2D eigenvalue weighted by atomic mass is 9.99. The number of aliphatic hydroxyl groups is 3. The number of aliphatic hydroxyl groups excluding tert-OH is 3. The molecule has 2 aromatic rings. The molecule has 246 valence electrons. The topological polar surface area (TPSA) is 179 Å². The van der Waals surface area contributed by atoms with Crippen molar-refractivity contribution in [3.05, 3.63) is 63.7 Å². The summed E-state index contributed by atoms with van der Waals surface area (Å²) in [6.07, 6.45) is 12.4. The zero-order valence-corrected chi connectivity index (χ0v) is 26.6. The van der Waals surface area contributed by atoms with Gasteiger partial charge in [-0.05, 0) is 37.5 Å². The average molecular weight is 636 g/mol. The molecule has 0 bridgehead atoms. The largest absolute Gasteiger partial charge is 0.392 e. The SMILES string of the molecule is CCCCCCCCC(O)C(O)CCCCCCCCNC(=O)c1ccc(CO)c(NS(=O)(=O)c2ccccc2[N+](=O)[O-])c1. The molecule has 1 amide bonds. The van der Waals surface area contributed by atoms with Crippen molar-refractivity contribution >= 4 is 27.3 Å². The summed E-state index contributed by atoms with van der Waals surface area (Å²) in [6.45, 7) is 2.11. The van der Waals surface area contributed by atoms with Crippen molar-refractivity contribution < 1.29 is 33.5 Å². The molecule has 12 heteroatoms. The number of anilines is 1. The minimum atomic E-state index is -4.38. The van der Waals surface area contributed by atoms with Crippen molar-refractivity contribution in [1.82, 2.24) is 5.32 Å². The number of nitro benzene ring substituents is 1. The molecule has 2 rings (SSSR count). The van der Waals surface area contributed by atoms with Crippen molar-refractivity contribution in [3.8, 4) is 0 Å². The Kier molecular flexibility index (Phi) is 16.9. The van der Waals surface area contributed by atoms with Crippen molar-refractivity contribution in [2.24, 2.45) is 0 Å². The summed E-state index contributed by atoms with van der Waals surface area (Å²) in [5.41, 5.74) is -0.240. The Morgan fingerprint density at radius 2 is 1.43 bits per heavy atom. The minimum absolute atomic E-state index is 0.0432. The van der Waals surface area contributed by atoms with E-state index in [-0.39, 0.29) is 16.8 Å². The maximum absolute atomic E-state index is 12.9. The smallest absolute Gasteiger partial charge is 0.289 e. The Hall–Kier alpha value is -3.06. The van der Waals surface area contributed by atoms with Crippen LogP contribution in [0.3, 0.4) is 0 Å². The average Bonchev–Trinajstić information content (AvgIpc) is 3.01. The Morgan fingerprint density at radius 1 is 0.864 bits per heavy atom. The second-order valence-electron chi connectivity index (χ2n) is 11.2. The Bertz CT molecular complexity index is 1270. The number of para-hydroxylation sites is 1. The molecule has 0 aliphatic rings. The van der Waals surface area contributed by atoms with Gasteiger partial charge in [0, 0.05) is 23.7 Å². The number of hydrogen-bond donors (Lipinski definition) is 5. The van der Waals surface area contributed by atoms with Crippen LogP contribution in [0.4, 0.5) is 11.4 Å². The van der Waals surface area contributed by atoms with Gasteiger partial charge in [0.1, 0.15) is 0 Å². The zero-order valence-electron chi connectivity index (χ0n) is 25.7. The normalized spacial score (nSPS) is 12.9. The number of benzene rings is 2. The number of nitro groups is 1. The third-order valence-corrected chi connectivity index (χ3v) is 9.06. The van der Waals surface area contributed by atoms with E-state index in [0.29, 0.717) is 19.4 Å². The van der Waals surface area contributed by atoms with Gasteiger partial charge in [-0.1, -0.05) is 95.8 Å². The summed E-state index contributed by atoms with van der Waals surface area (Å²) in [7, 11) is -4.38. The summed E-state index contributed by atoms with van der Waals surface area (Å²) >= 11 is 0. The van der Waals surface area contributed by atoms with E-state index in [2.05, 4.69) is 17.0 Å². The number of nitrogens with zero attached hydrogens (tertiary/aromatic N) is 1. The summed E-state index contributed by atoms with van der Waals surface area (Å²) in [4.78, 5) is 22.7. The Balaban J connectivity index is 1.71. The predicted molar refractivity (Wildman–Crippen MR) is 171 cm³/mol. The van der Waals surface area contributed by atoms with E-state index < -0.39 is 50.3 Å². The van der Waals surface area contributed by atoms with Crippen LogP contribution in [0, 0.1) is 10.1 Å². The molecule has 2 aromatic carbocycles. The van der Waals surface area contributed by atoms with Gasteiger partial charge < -0.3 is 20.6 Å². The van der Waals surface area contributed by atoms with Gasteiger partial charge in [-0.15, -0.1) is 0 Å². The fourth-order valence-corrected chi connectivity index (χ4v) is 6.26. The summed E-state index contributed by atoms with van der Waals surface area (Å²) in [6, 6.07) is 9.12. The highest BCUT2D eigenvalue weighted by Gasteiger charge is 2.26. The summed E-state index contributed by atoms with van der Waals surface area (Å²) in [5.74, 6) is -0.408. The van der Waals surface area contributed by atoms with Crippen LogP contribution in [-0.2, 0) is 16.6 Å². The predicted octanol–water partition coefficient (Wildman–Crippen LogP) is 5.82. The molecular weight excluding hydrogens is 586 g/mol. The van der Waals surface area contributed by atoms with Crippen LogP contribution >= 0.6 is 0 Å². The maximum atomic E-state index is 12.9. The van der Waals surface area contributed by atoms with E-state index in [1.807, 2.05) is 0 Å². The standard InChI is InChI=1S/C32H49N3O8S/c1-2-3-4-5-8-11-17-29(37)30(38)18-12-9-6-7-10-15-22-33-32(39)25-20-21-26(24-36)27(23-25)34-44(42,43)31-19-14-13-16-28(31)35(40)41/h13-14,16,19-21,23,29-30,34,36-38H,2-12,15,17-18,22,24H2,1H3,(H,33,39). The first-order valence-corrected chi connectivity index (χ1v) is 17.2. The number of rotatable bonds is 23. The maximum Gasteiger partial charge on any atom is 0.289 e. The highest BCUT2D eigenvalue weighted by atomic mass is 32.2. The van der Waals surface area contributed by atoms with E-state index in [1.165, 1.54) is 56.0 Å². The van der Waals surface area contributed by atoms with Gasteiger partial charge in [0.05, 0.1) is 29.4 Å². The van der Waals surface area contributed by atoms with Gasteiger partial charge in [0.25, 0.3) is 21.6 Å². The van der Waals surface area contributed by atoms with Crippen molar-refractivity contribution in [2.75, 3.05) is 11.3 Å². The van der Waals surface area contributed by atoms with Crippen molar-refractivity contribution in [3.63, 3.8) is 0 Å². The number of sulfonamides is 1. The summed E-state index contributed by atoms with van der Waals surface area (Å²) in [5, 5.41) is 44.2. The number of nitrogens with one attached hydrogen (secondary N) is 2. The molecule has 2 atom stereocenters. The van der Waals surface area contributed by atoms with Crippen LogP contribution in [0.5, 0.6) is 0 Å². The first-order chi connectivity index (χ1) is 21.1. The van der Waals surface area contributed by atoms with Gasteiger partial charge in [-0.3, -0.25) is 19.6 Å². The molecule has 0 aliphatic heterocycles. The fraction of sp³-hybridized carbons (Fsp3) is 0.594. The van der Waals surface area contributed by atoms with Gasteiger partial charge in [0.15, 0.2) is 4.90 Å². The molecule has 0 fully saturated rings. The molecular formula is C32H49N3O8S. The van der Waals surface area contributed by atoms with Crippen molar-refractivity contribution in [2.45, 2.75) is 121 Å². The molecule has 5 N–H and O–H groups in total. The first-order valence-electron chi connectivity index (χ1n) is 15.7. The van der Waals surface area contributed by atoms with E-state index in [0.717, 1.165) is 63.5 Å². The molecule has 11 nitrogen and oxygen atoms in total. The molecule has 0 saturated carbocycles. The molecule has 0 heterocycles. The molecule has 0 aliphatic carbocycles. The van der Waals surface area contributed by atoms with Gasteiger partial charge >= 0.3 is 0 Å². The lowest BCUT2D eigenvalue weighted by molar-refractivity contribution is -0.387. The van der Waals surface area contributed by atoms with E-state index in [1.54, 1.807) is 0 Å². The van der Waals surface area contributed by atoms with Crippen LogP contribution in [0.25, 0.3) is 0 Å². The minimum Gasteiger partial charge on any atom is -0.392 e. The lowest BCUT2D eigenvalue weighted by Gasteiger charge is -2.17. The van der Waals surface area contributed by atoms with Gasteiger partial charge in [-0.25, -0.2) is 8.42 Å². The van der Waals surface area contributed by atoms with Crippen LogP contribution in [0.15, 0.2) is 47.4 Å². The van der Waals surface area contributed by atoms with E-state index >= 15 is 0 Å². The van der Waals surface area contributed by atoms with E-state index in [4.69, 9.17) is 0 Å². The quantitative estimate of drug-likeness (QED) is 0.0576. The molecule has 0 saturated heterocycles. The molecule has 44 heavy (non-hydrogen) atoms. The number of amides is 1.